The normalized spacial score (nSPS) is 18.5. The Morgan fingerprint density at radius 1 is 1.14 bits per heavy atom. The lowest BCUT2D eigenvalue weighted by molar-refractivity contribution is 0.0268. The van der Waals surface area contributed by atoms with Gasteiger partial charge in [0.15, 0.2) is 0 Å². The van der Waals surface area contributed by atoms with Gasteiger partial charge >= 0.3 is 0 Å². The number of piperazine rings is 1. The monoisotopic (exact) mass is 680 g/mol. The maximum absolute atomic E-state index is 13.8. The van der Waals surface area contributed by atoms with E-state index in [1.54, 1.807) is 18.2 Å². The van der Waals surface area contributed by atoms with Gasteiger partial charge in [0, 0.05) is 56.6 Å². The fourth-order valence-corrected chi connectivity index (χ4v) is 6.67. The highest BCUT2D eigenvalue weighted by atomic mass is 35.5. The standard InChI is InChI=1S/C30H35Cl3N6O4S/c1-3-23(22-16-42-11-6-34-22)43-24-13-20(32)12-21(29(40)36-25-5-4-19(31)14-35-25)27(24)37-30(41)28-26(33)18(17-44-28)15-39-9-7-38(2)8-10-39/h4-5,12-14,17,22-23,34H,3,6-11,15-16H2,1-2H3,(H,37,41)(H,35,36,40). The minimum Gasteiger partial charge on any atom is -0.486 e. The van der Waals surface area contributed by atoms with Gasteiger partial charge in [0.05, 0.1) is 40.6 Å². The SMILES string of the molecule is CCC(Oc1cc(Cl)cc(C(=O)Nc2ccc(Cl)cn2)c1NC(=O)c1scc(CN2CCN(C)CC2)c1Cl)C1COCCN1. The lowest BCUT2D eigenvalue weighted by Crippen LogP contribution is -2.50. The summed E-state index contributed by atoms with van der Waals surface area (Å²) in [6.45, 7) is 8.24. The quantitative estimate of drug-likeness (QED) is 0.258. The number of likely N-dealkylation sites (N-methyl/N-ethyl adjacent to an activating group) is 1. The molecule has 4 heterocycles. The lowest BCUT2D eigenvalue weighted by atomic mass is 10.1. The largest absolute Gasteiger partial charge is 0.486 e. The highest BCUT2D eigenvalue weighted by molar-refractivity contribution is 7.13. The molecule has 14 heteroatoms. The van der Waals surface area contributed by atoms with E-state index in [1.807, 2.05) is 12.3 Å². The van der Waals surface area contributed by atoms with Crippen LogP contribution in [0.2, 0.25) is 15.1 Å². The Labute approximate surface area is 275 Å². The zero-order valence-corrected chi connectivity index (χ0v) is 27.6. The Hall–Kier alpha value is -2.48. The number of thiophene rings is 1. The van der Waals surface area contributed by atoms with Crippen molar-refractivity contribution in [2.24, 2.45) is 0 Å². The maximum atomic E-state index is 13.8. The maximum Gasteiger partial charge on any atom is 0.267 e. The molecule has 0 radical (unpaired) electrons. The first kappa shape index (κ1) is 32.9. The molecule has 10 nitrogen and oxygen atoms in total. The molecule has 2 aliphatic rings. The Bertz CT molecular complexity index is 1460. The van der Waals surface area contributed by atoms with Crippen LogP contribution in [0.4, 0.5) is 11.5 Å². The van der Waals surface area contributed by atoms with Gasteiger partial charge in [-0.15, -0.1) is 11.3 Å². The minimum absolute atomic E-state index is 0.0873. The first-order valence-electron chi connectivity index (χ1n) is 14.4. The molecule has 5 rings (SSSR count). The van der Waals surface area contributed by atoms with Crippen molar-refractivity contribution >= 4 is 69.5 Å². The number of carbonyl (C=O) groups is 2. The number of amides is 2. The van der Waals surface area contributed by atoms with Crippen molar-refractivity contribution in [3.05, 3.63) is 66.9 Å². The molecule has 0 bridgehead atoms. The number of hydrogen-bond acceptors (Lipinski definition) is 9. The number of ether oxygens (including phenoxy) is 2. The van der Waals surface area contributed by atoms with E-state index in [-0.39, 0.29) is 40.0 Å². The minimum atomic E-state index is -0.539. The van der Waals surface area contributed by atoms with Gasteiger partial charge in [-0.25, -0.2) is 4.98 Å². The number of anilines is 2. The van der Waals surface area contributed by atoms with Crippen LogP contribution < -0.4 is 20.7 Å². The summed E-state index contributed by atoms with van der Waals surface area (Å²) in [5.74, 6) is -0.459. The molecule has 2 aromatic heterocycles. The molecule has 2 fully saturated rings. The van der Waals surface area contributed by atoms with Crippen molar-refractivity contribution in [2.45, 2.75) is 32.0 Å². The second-order valence-corrected chi connectivity index (χ2v) is 12.9. The van der Waals surface area contributed by atoms with Crippen LogP contribution in [-0.2, 0) is 11.3 Å². The summed E-state index contributed by atoms with van der Waals surface area (Å²) in [7, 11) is 2.11. The number of halogens is 3. The number of nitrogens with zero attached hydrogens (tertiary/aromatic N) is 3. The molecule has 3 N–H and O–H groups in total. The smallest absolute Gasteiger partial charge is 0.267 e. The van der Waals surface area contributed by atoms with E-state index in [4.69, 9.17) is 44.3 Å². The Balaban J connectivity index is 1.44. The van der Waals surface area contributed by atoms with Crippen LogP contribution in [0.15, 0.2) is 35.8 Å². The van der Waals surface area contributed by atoms with E-state index in [0.717, 1.165) is 31.7 Å². The van der Waals surface area contributed by atoms with Gasteiger partial charge in [0.25, 0.3) is 11.8 Å². The first-order chi connectivity index (χ1) is 21.2. The third-order valence-electron chi connectivity index (χ3n) is 7.60. The van der Waals surface area contributed by atoms with E-state index in [0.29, 0.717) is 47.6 Å². The average molecular weight is 682 g/mol. The number of morpholine rings is 1. The number of rotatable bonds is 10. The van der Waals surface area contributed by atoms with Gasteiger partial charge in [-0.1, -0.05) is 41.7 Å². The summed E-state index contributed by atoms with van der Waals surface area (Å²) in [4.78, 5) is 36.5. The molecule has 0 spiro atoms. The van der Waals surface area contributed by atoms with Crippen molar-refractivity contribution in [1.82, 2.24) is 20.1 Å². The topological polar surface area (TPSA) is 108 Å². The molecule has 2 atom stereocenters. The molecule has 2 unspecified atom stereocenters. The van der Waals surface area contributed by atoms with E-state index < -0.39 is 11.8 Å². The zero-order valence-electron chi connectivity index (χ0n) is 24.5. The van der Waals surface area contributed by atoms with Gasteiger partial charge in [-0.3, -0.25) is 14.5 Å². The summed E-state index contributed by atoms with van der Waals surface area (Å²) in [6.07, 6.45) is 1.75. The molecular formula is C30H35Cl3N6O4S. The van der Waals surface area contributed by atoms with Crippen LogP contribution in [-0.4, -0.2) is 91.7 Å². The molecular weight excluding hydrogens is 647 g/mol. The van der Waals surface area contributed by atoms with Crippen LogP contribution in [0.1, 0.15) is 38.9 Å². The van der Waals surface area contributed by atoms with Crippen molar-refractivity contribution in [3.63, 3.8) is 0 Å². The van der Waals surface area contributed by atoms with Crippen LogP contribution in [0, 0.1) is 0 Å². The zero-order chi connectivity index (χ0) is 31.2. The molecule has 236 valence electrons. The Morgan fingerprint density at radius 2 is 1.93 bits per heavy atom. The third kappa shape index (κ3) is 8.21. The number of hydrogen-bond donors (Lipinski definition) is 3. The number of benzene rings is 1. The Kier molecular flexibility index (Phi) is 11.4. The van der Waals surface area contributed by atoms with E-state index in [1.165, 1.54) is 23.6 Å². The predicted octanol–water partition coefficient (Wildman–Crippen LogP) is 5.50. The van der Waals surface area contributed by atoms with E-state index in [9.17, 15) is 9.59 Å². The number of pyridine rings is 1. The summed E-state index contributed by atoms with van der Waals surface area (Å²) < 4.78 is 12.1. The highest BCUT2D eigenvalue weighted by Gasteiger charge is 2.29. The molecule has 0 aliphatic carbocycles. The van der Waals surface area contributed by atoms with Crippen LogP contribution in [0.3, 0.4) is 0 Å². The van der Waals surface area contributed by atoms with Crippen LogP contribution >= 0.6 is 46.1 Å². The summed E-state index contributed by atoms with van der Waals surface area (Å²) >= 11 is 20.5. The summed E-state index contributed by atoms with van der Waals surface area (Å²) in [6, 6.07) is 6.18. The molecule has 2 amide bonds. The fourth-order valence-electron chi connectivity index (χ4n) is 5.11. The second-order valence-electron chi connectivity index (χ2n) is 10.8. The summed E-state index contributed by atoms with van der Waals surface area (Å²) in [5, 5.41) is 12.1. The van der Waals surface area contributed by atoms with Crippen LogP contribution in [0.5, 0.6) is 5.75 Å². The molecule has 2 saturated heterocycles. The van der Waals surface area contributed by atoms with Gasteiger partial charge < -0.3 is 30.3 Å². The molecule has 0 saturated carbocycles. The van der Waals surface area contributed by atoms with Crippen molar-refractivity contribution in [2.75, 3.05) is 63.6 Å². The van der Waals surface area contributed by atoms with Crippen molar-refractivity contribution in [1.29, 1.82) is 0 Å². The summed E-state index contributed by atoms with van der Waals surface area (Å²) in [5.41, 5.74) is 1.16. The van der Waals surface area contributed by atoms with Crippen molar-refractivity contribution in [3.8, 4) is 5.75 Å². The Morgan fingerprint density at radius 3 is 2.61 bits per heavy atom. The van der Waals surface area contributed by atoms with E-state index in [2.05, 4.69) is 37.8 Å². The molecule has 3 aromatic rings. The highest BCUT2D eigenvalue weighted by Crippen LogP contribution is 2.37. The molecule has 2 aliphatic heterocycles. The van der Waals surface area contributed by atoms with Gasteiger partial charge in [0.2, 0.25) is 0 Å². The van der Waals surface area contributed by atoms with Crippen molar-refractivity contribution < 1.29 is 19.1 Å². The van der Waals surface area contributed by atoms with Gasteiger partial charge in [0.1, 0.15) is 22.5 Å². The second kappa shape index (κ2) is 15.2. The van der Waals surface area contributed by atoms with E-state index >= 15 is 0 Å². The fraction of sp³-hybridized carbons (Fsp3) is 0.433. The first-order valence-corrected chi connectivity index (χ1v) is 16.5. The molecule has 1 aromatic carbocycles. The number of nitrogens with one attached hydrogen (secondary N) is 3. The molecule has 44 heavy (non-hydrogen) atoms. The third-order valence-corrected chi connectivity index (χ3v) is 9.61. The predicted molar refractivity (Wildman–Crippen MR) is 176 cm³/mol. The number of aromatic nitrogens is 1. The van der Waals surface area contributed by atoms with Gasteiger partial charge in [-0.2, -0.15) is 0 Å². The number of carbonyl (C=O) groups excluding carboxylic acids is 2. The lowest BCUT2D eigenvalue weighted by Gasteiger charge is -2.32. The van der Waals surface area contributed by atoms with Gasteiger partial charge in [-0.05, 0) is 42.6 Å². The average Bonchev–Trinajstić information content (AvgIpc) is 3.39. The van der Waals surface area contributed by atoms with Crippen LogP contribution in [0.25, 0.3) is 0 Å².